The Hall–Kier alpha value is -8.81. The third-order valence-corrected chi connectivity index (χ3v) is 13.9. The van der Waals surface area contributed by atoms with Gasteiger partial charge in [0.15, 0.2) is 0 Å². The molecule has 0 aromatic heterocycles. The zero-order valence-corrected chi connectivity index (χ0v) is 52.4. The molecule has 0 unspecified atom stereocenters. The molecule has 2 heterocycles. The topological polar surface area (TPSA) is 203 Å². The molecule has 10 rings (SSSR count). The fraction of sp³-hybridized carbons (Fsp3) is 0.189. The second kappa shape index (κ2) is 41.4. The van der Waals surface area contributed by atoms with E-state index in [1.54, 1.807) is 68.5 Å². The summed E-state index contributed by atoms with van der Waals surface area (Å²) >= 11 is 2.19. The van der Waals surface area contributed by atoms with Gasteiger partial charge in [0.05, 0.1) is 42.1 Å². The van der Waals surface area contributed by atoms with Gasteiger partial charge >= 0.3 is 25.0 Å². The van der Waals surface area contributed by atoms with E-state index in [1.807, 2.05) is 193 Å². The molecule has 8 aromatic rings. The summed E-state index contributed by atoms with van der Waals surface area (Å²) in [7, 11) is -1.37. The number of likely N-dealkylation sites (tertiary alicyclic amines) is 1. The number of piperidine rings is 2. The lowest BCUT2D eigenvalue weighted by Gasteiger charge is -2.29. The van der Waals surface area contributed by atoms with E-state index < -0.39 is 13.1 Å². The lowest BCUT2D eigenvalue weighted by molar-refractivity contribution is 0.0516. The van der Waals surface area contributed by atoms with Crippen LogP contribution < -0.4 is 5.32 Å². The Morgan fingerprint density at radius 3 is 1.07 bits per heavy atom. The third-order valence-electron chi connectivity index (χ3n) is 13.2. The van der Waals surface area contributed by atoms with Crippen LogP contribution in [0.5, 0.6) is 0 Å². The van der Waals surface area contributed by atoms with E-state index in [4.69, 9.17) is 29.7 Å². The first-order valence-electron chi connectivity index (χ1n) is 29.5. The standard InChI is InChI=1S/C20H21NO2.C17H16O2.C15H12O2.C9H9IO2.C8H9BO2.C5H11NO/c22-19-12-14-21(15-13-19)20(23)18-10-8-17(9-11-18)7-6-16-4-2-1-3-5-16;1-2-19-17(18)16-12-10-15(11-13-16)9-8-14-6-4-3-5-7-14;16-15(17)14-10-8-13(9-11-14)7-6-12-4-2-1-3-5-12;1-2-12-9(11)7-3-5-8(10)6-4-7;10-9(11)7-6-8-4-2-1-3-5-8;7-5-1-3-6-4-2-5/h1-11,19,22H,12-15H2;3-13H,2H2,1H3;1-11H,(H,16,17);3-6H,2H2,1H3;1-7,10-11H;5-7H,1-4H2/b7-6+;9-8+;7-6+;;7-6+;. The summed E-state index contributed by atoms with van der Waals surface area (Å²) in [6, 6.07) is 68.8. The number of aliphatic hydroxyl groups is 2. The van der Waals surface area contributed by atoms with Crippen molar-refractivity contribution in [3.8, 4) is 0 Å². The van der Waals surface area contributed by atoms with Gasteiger partial charge in [-0.3, -0.25) is 4.79 Å². The van der Waals surface area contributed by atoms with Gasteiger partial charge in [0.2, 0.25) is 0 Å². The number of carboxylic acids is 1. The maximum Gasteiger partial charge on any atom is 0.480 e. The smallest absolute Gasteiger partial charge is 0.478 e. The summed E-state index contributed by atoms with van der Waals surface area (Å²) in [5.74, 6) is -0.0657. The Morgan fingerprint density at radius 2 is 0.753 bits per heavy atom. The highest BCUT2D eigenvalue weighted by molar-refractivity contribution is 14.1. The molecule has 89 heavy (non-hydrogen) atoms. The van der Waals surface area contributed by atoms with E-state index in [9.17, 15) is 24.3 Å². The number of nitrogens with one attached hydrogen (secondary N) is 1. The number of hydrogen-bond acceptors (Lipinski definition) is 11. The zero-order valence-electron chi connectivity index (χ0n) is 50.2. The van der Waals surface area contributed by atoms with Crippen LogP contribution in [0.4, 0.5) is 0 Å². The number of nitrogens with zero attached hydrogens (tertiary/aromatic N) is 1. The van der Waals surface area contributed by atoms with Crippen LogP contribution in [-0.4, -0.2) is 113 Å². The van der Waals surface area contributed by atoms with Crippen molar-refractivity contribution in [2.24, 2.45) is 0 Å². The summed E-state index contributed by atoms with van der Waals surface area (Å²) in [6.07, 6.45) is 16.7. The second-order valence-electron chi connectivity index (χ2n) is 20.0. The molecule has 0 bridgehead atoms. The Bertz CT molecular complexity index is 3410. The van der Waals surface area contributed by atoms with Crippen LogP contribution in [0.15, 0.2) is 224 Å². The highest BCUT2D eigenvalue weighted by Crippen LogP contribution is 2.17. The lowest BCUT2D eigenvalue weighted by Crippen LogP contribution is -2.40. The maximum absolute atomic E-state index is 12.4. The van der Waals surface area contributed by atoms with E-state index >= 15 is 0 Å². The molecular weight excluding hydrogens is 1230 g/mol. The number of amides is 1. The van der Waals surface area contributed by atoms with Crippen LogP contribution in [0.25, 0.3) is 42.5 Å². The summed E-state index contributed by atoms with van der Waals surface area (Å²) in [4.78, 5) is 47.5. The molecule has 15 heteroatoms. The highest BCUT2D eigenvalue weighted by atomic mass is 127. The summed E-state index contributed by atoms with van der Waals surface area (Å²) in [6.45, 7) is 7.66. The predicted octanol–water partition coefficient (Wildman–Crippen LogP) is 14.0. The quantitative estimate of drug-likeness (QED) is 0.0261. The van der Waals surface area contributed by atoms with Gasteiger partial charge in [0.25, 0.3) is 5.91 Å². The molecule has 2 aliphatic rings. The highest BCUT2D eigenvalue weighted by Gasteiger charge is 2.22. The van der Waals surface area contributed by atoms with Crippen molar-refractivity contribution < 1.29 is 54.0 Å². The number of rotatable bonds is 14. The SMILES string of the molecule is CCOC(=O)c1ccc(/C=C/c2ccccc2)cc1.CCOC(=O)c1ccc(I)cc1.O=C(O)c1ccc(/C=C/c2ccccc2)cc1.O=C(c1ccc(/C=C/c2ccccc2)cc1)N1CCC(O)CC1.OB(O)/C=C/c1ccccc1.OC1CCNCC1. The molecule has 0 atom stereocenters. The van der Waals surface area contributed by atoms with Gasteiger partial charge < -0.3 is 45.1 Å². The zero-order chi connectivity index (χ0) is 63.9. The van der Waals surface area contributed by atoms with Crippen molar-refractivity contribution in [2.45, 2.75) is 51.7 Å². The van der Waals surface area contributed by atoms with Gasteiger partial charge in [0, 0.05) is 22.2 Å². The number of esters is 2. The molecule has 1 amide bonds. The predicted molar refractivity (Wildman–Crippen MR) is 368 cm³/mol. The average molecular weight is 1310 g/mol. The number of aliphatic hydroxyl groups excluding tert-OH is 2. The van der Waals surface area contributed by atoms with Crippen molar-refractivity contribution in [1.82, 2.24) is 10.2 Å². The van der Waals surface area contributed by atoms with E-state index in [-0.39, 0.29) is 30.1 Å². The number of aromatic carboxylic acids is 1. The summed E-state index contributed by atoms with van der Waals surface area (Å²) in [5, 5.41) is 47.3. The number of carbonyl (C=O) groups excluding carboxylic acids is 3. The molecule has 0 radical (unpaired) electrons. The van der Waals surface area contributed by atoms with Crippen LogP contribution in [0, 0.1) is 3.57 Å². The number of carboxylic acid groups (broad SMARTS) is 1. The minimum absolute atomic E-state index is 0.0266. The fourth-order valence-electron chi connectivity index (χ4n) is 8.31. The van der Waals surface area contributed by atoms with Crippen molar-refractivity contribution in [3.05, 3.63) is 289 Å². The van der Waals surface area contributed by atoms with Gasteiger partial charge in [-0.25, -0.2) is 14.4 Å². The van der Waals surface area contributed by atoms with Crippen molar-refractivity contribution in [1.29, 1.82) is 0 Å². The Morgan fingerprint density at radius 1 is 0.449 bits per heavy atom. The van der Waals surface area contributed by atoms with E-state index in [0.717, 1.165) is 68.4 Å². The van der Waals surface area contributed by atoms with Gasteiger partial charge in [-0.1, -0.05) is 206 Å². The molecule has 8 aromatic carbocycles. The maximum atomic E-state index is 12.4. The molecular formula is C74H78BIN2O11. The Balaban J connectivity index is 0.000000201. The van der Waals surface area contributed by atoms with Gasteiger partial charge in [-0.2, -0.15) is 0 Å². The number of carbonyl (C=O) groups is 4. The molecule has 2 saturated heterocycles. The average Bonchev–Trinajstić information content (AvgIpc) is 3.77. The largest absolute Gasteiger partial charge is 0.480 e. The van der Waals surface area contributed by atoms with Crippen LogP contribution in [0.1, 0.15) is 120 Å². The van der Waals surface area contributed by atoms with Gasteiger partial charge in [-0.15, -0.1) is 0 Å². The second-order valence-corrected chi connectivity index (χ2v) is 21.3. The Kier molecular flexibility index (Phi) is 33.0. The van der Waals surface area contributed by atoms with Crippen LogP contribution in [0.2, 0.25) is 0 Å². The molecule has 460 valence electrons. The van der Waals surface area contributed by atoms with Crippen molar-refractivity contribution in [3.63, 3.8) is 0 Å². The first kappa shape index (κ1) is 71.0. The Labute approximate surface area is 537 Å². The molecule has 0 spiro atoms. The molecule has 2 aliphatic heterocycles. The van der Waals surface area contributed by atoms with Gasteiger partial charge in [-0.05, 0) is 175 Å². The van der Waals surface area contributed by atoms with Gasteiger partial charge in [0.1, 0.15) is 0 Å². The van der Waals surface area contributed by atoms with E-state index in [0.29, 0.717) is 61.4 Å². The number of ether oxygens (including phenoxy) is 2. The number of halogens is 1. The van der Waals surface area contributed by atoms with Crippen LogP contribution >= 0.6 is 22.6 Å². The lowest BCUT2D eigenvalue weighted by atomic mass is 9.91. The third kappa shape index (κ3) is 29.2. The number of hydrogen-bond donors (Lipinski definition) is 6. The molecule has 6 N–H and O–H groups in total. The minimum Gasteiger partial charge on any atom is -0.478 e. The first-order chi connectivity index (χ1) is 43.2. The van der Waals surface area contributed by atoms with Crippen molar-refractivity contribution in [2.75, 3.05) is 39.4 Å². The molecule has 0 aliphatic carbocycles. The first-order valence-corrected chi connectivity index (χ1v) is 30.6. The number of benzene rings is 8. The molecule has 2 fully saturated rings. The molecule has 13 nitrogen and oxygen atoms in total. The minimum atomic E-state index is -1.37. The summed E-state index contributed by atoms with van der Waals surface area (Å²) in [5.41, 5.74) is 9.69. The van der Waals surface area contributed by atoms with Crippen LogP contribution in [-0.2, 0) is 9.47 Å². The normalized spacial score (nSPS) is 13.0. The monoisotopic (exact) mass is 1310 g/mol. The van der Waals surface area contributed by atoms with E-state index in [1.165, 1.54) is 5.98 Å². The van der Waals surface area contributed by atoms with Crippen molar-refractivity contribution >= 4 is 96.1 Å². The van der Waals surface area contributed by atoms with E-state index in [2.05, 4.69) is 46.1 Å². The molecule has 0 saturated carbocycles. The fourth-order valence-corrected chi connectivity index (χ4v) is 8.67. The summed E-state index contributed by atoms with van der Waals surface area (Å²) < 4.78 is 10.9. The van der Waals surface area contributed by atoms with Crippen LogP contribution in [0.3, 0.4) is 0 Å².